The second-order valence-electron chi connectivity index (χ2n) is 7.93. The first kappa shape index (κ1) is 21.8. The molecule has 0 atom stereocenters. The first-order valence-electron chi connectivity index (χ1n) is 10.2. The number of piperidine rings is 1. The minimum absolute atomic E-state index is 0. The van der Waals surface area contributed by atoms with Crippen molar-refractivity contribution >= 4 is 22.5 Å². The van der Waals surface area contributed by atoms with E-state index in [0.29, 0.717) is 18.1 Å². The molecule has 0 radical (unpaired) electrons. The van der Waals surface area contributed by atoms with Gasteiger partial charge >= 0.3 is 0 Å². The summed E-state index contributed by atoms with van der Waals surface area (Å²) < 4.78 is 1.89. The second-order valence-corrected chi connectivity index (χ2v) is 7.93. The van der Waals surface area contributed by atoms with E-state index in [-0.39, 0.29) is 13.3 Å². The highest BCUT2D eigenvalue weighted by Gasteiger charge is 2.17. The Bertz CT molecular complexity index is 990. The highest BCUT2D eigenvalue weighted by atomic mass is 16.1. The molecule has 0 aliphatic carbocycles. The predicted octanol–water partition coefficient (Wildman–Crippen LogP) is 3.31. The van der Waals surface area contributed by atoms with Crippen LogP contribution in [0.3, 0.4) is 0 Å². The Morgan fingerprint density at radius 3 is 2.83 bits per heavy atom. The molecule has 1 amide bonds. The number of nitrogen functional groups attached to an aromatic ring is 1. The average molecular weight is 409 g/mol. The molecule has 4 rings (SSSR count). The van der Waals surface area contributed by atoms with Crippen LogP contribution in [-0.4, -0.2) is 45.7 Å². The maximum absolute atomic E-state index is 12.5. The molecule has 30 heavy (non-hydrogen) atoms. The number of anilines is 1. The number of carbonyl (C=O) groups excluding carboxylic acids is 1. The number of carbonyl (C=O) groups is 1. The third-order valence-corrected chi connectivity index (χ3v) is 5.79. The highest BCUT2D eigenvalue weighted by molar-refractivity contribution is 5.93. The molecule has 0 bridgehead atoms. The first-order valence-corrected chi connectivity index (χ1v) is 10.2. The number of aromatic nitrogens is 3. The number of pyridine rings is 1. The van der Waals surface area contributed by atoms with Gasteiger partial charge in [-0.15, -0.1) is 0 Å². The van der Waals surface area contributed by atoms with E-state index in [1.165, 1.54) is 25.9 Å². The summed E-state index contributed by atoms with van der Waals surface area (Å²) in [7, 11) is 2.18. The number of likely N-dealkylation sites (tertiary alicyclic amines) is 1. The lowest BCUT2D eigenvalue weighted by Crippen LogP contribution is -2.30. The molecule has 3 aromatic rings. The largest absolute Gasteiger partial charge is 0.383 e. The molecule has 1 aromatic carbocycles. The van der Waals surface area contributed by atoms with Gasteiger partial charge in [0.1, 0.15) is 11.5 Å². The van der Waals surface area contributed by atoms with Crippen molar-refractivity contribution in [1.29, 1.82) is 0 Å². The number of hydrogen-bond donors (Lipinski definition) is 2. The molecular weight excluding hydrogens is 376 g/mol. The summed E-state index contributed by atoms with van der Waals surface area (Å²) in [5.74, 6) is 1.12. The Balaban J connectivity index is 0.00000256. The van der Waals surface area contributed by atoms with Crippen molar-refractivity contribution in [2.24, 2.45) is 5.92 Å². The van der Waals surface area contributed by atoms with Crippen LogP contribution in [0.5, 0.6) is 0 Å². The number of nitrogens with one attached hydrogen (secondary N) is 1. The summed E-state index contributed by atoms with van der Waals surface area (Å²) in [5, 5.41) is 9.34. The maximum atomic E-state index is 12.5. The molecule has 1 fully saturated rings. The van der Waals surface area contributed by atoms with Gasteiger partial charge in [-0.05, 0) is 74.5 Å². The van der Waals surface area contributed by atoms with Crippen molar-refractivity contribution in [2.45, 2.75) is 39.8 Å². The van der Waals surface area contributed by atoms with Gasteiger partial charge in [0.25, 0.3) is 5.91 Å². The fraction of sp³-hybridized carbons (Fsp3) is 0.435. The number of rotatable bonds is 6. The quantitative estimate of drug-likeness (QED) is 0.653. The predicted molar refractivity (Wildman–Crippen MR) is 121 cm³/mol. The number of nitrogens with zero attached hydrogens (tertiary/aromatic N) is 4. The van der Waals surface area contributed by atoms with Crippen LogP contribution in [0.25, 0.3) is 10.8 Å². The van der Waals surface area contributed by atoms with E-state index in [9.17, 15) is 4.79 Å². The minimum atomic E-state index is -0.155. The summed E-state index contributed by atoms with van der Waals surface area (Å²) in [6, 6.07) is 9.63. The minimum Gasteiger partial charge on any atom is -0.383 e. The molecule has 1 saturated heterocycles. The van der Waals surface area contributed by atoms with Gasteiger partial charge in [0.15, 0.2) is 0 Å². The Labute approximate surface area is 178 Å². The Morgan fingerprint density at radius 2 is 2.03 bits per heavy atom. The molecular formula is C23H32N6O. The molecule has 0 saturated carbocycles. The normalized spacial score (nSPS) is 15.1. The number of benzene rings is 1. The van der Waals surface area contributed by atoms with Crippen molar-refractivity contribution < 1.29 is 4.79 Å². The van der Waals surface area contributed by atoms with Crippen molar-refractivity contribution in [3.8, 4) is 0 Å². The lowest BCUT2D eigenvalue weighted by atomic mass is 9.94. The van der Waals surface area contributed by atoms with Crippen LogP contribution < -0.4 is 11.1 Å². The molecule has 3 N–H and O–H groups in total. The maximum Gasteiger partial charge on any atom is 0.272 e. The van der Waals surface area contributed by atoms with Gasteiger partial charge < -0.3 is 16.0 Å². The number of amides is 1. The van der Waals surface area contributed by atoms with Gasteiger partial charge in [0.2, 0.25) is 0 Å². The molecule has 7 heteroatoms. The van der Waals surface area contributed by atoms with E-state index < -0.39 is 0 Å². The molecule has 0 spiro atoms. The fourth-order valence-electron chi connectivity index (χ4n) is 3.91. The number of aryl methyl sites for hydroxylation is 1. The molecule has 3 heterocycles. The van der Waals surface area contributed by atoms with Crippen LogP contribution >= 0.6 is 0 Å². The van der Waals surface area contributed by atoms with Crippen molar-refractivity contribution in [3.63, 3.8) is 0 Å². The SMILES string of the molecule is C.CN1CCC(CCn2ccc(C(=O)NCc3ccc4c(N)nccc4c3)n2)CC1. The molecule has 0 unspecified atom stereocenters. The third-order valence-electron chi connectivity index (χ3n) is 5.79. The van der Waals surface area contributed by atoms with Gasteiger partial charge in [0.05, 0.1) is 0 Å². The fourth-order valence-corrected chi connectivity index (χ4v) is 3.91. The molecule has 1 aliphatic rings. The van der Waals surface area contributed by atoms with E-state index in [2.05, 4.69) is 27.3 Å². The number of hydrogen-bond acceptors (Lipinski definition) is 5. The average Bonchev–Trinajstić information content (AvgIpc) is 3.21. The van der Waals surface area contributed by atoms with Crippen LogP contribution in [0.1, 0.15) is 42.7 Å². The summed E-state index contributed by atoms with van der Waals surface area (Å²) >= 11 is 0. The molecule has 2 aromatic heterocycles. The molecule has 1 aliphatic heterocycles. The van der Waals surface area contributed by atoms with Gasteiger partial charge in [-0.2, -0.15) is 5.10 Å². The lowest BCUT2D eigenvalue weighted by molar-refractivity contribution is 0.0945. The first-order chi connectivity index (χ1) is 14.1. The smallest absolute Gasteiger partial charge is 0.272 e. The molecule has 160 valence electrons. The van der Waals surface area contributed by atoms with E-state index in [1.807, 2.05) is 35.1 Å². The van der Waals surface area contributed by atoms with Gasteiger partial charge in [0, 0.05) is 30.9 Å². The summed E-state index contributed by atoms with van der Waals surface area (Å²) in [6.07, 6.45) is 7.21. The second kappa shape index (κ2) is 9.71. The van der Waals surface area contributed by atoms with Crippen LogP contribution in [0.15, 0.2) is 42.7 Å². The summed E-state index contributed by atoms with van der Waals surface area (Å²) in [5.41, 5.74) is 7.36. The van der Waals surface area contributed by atoms with Crippen molar-refractivity contribution in [3.05, 3.63) is 54.0 Å². The molecule has 7 nitrogen and oxygen atoms in total. The standard InChI is InChI=1S/C22H28N6O.CH4/c1-27-10-5-16(6-11-27)7-12-28-13-8-20(26-28)22(29)25-15-17-2-3-19-18(14-17)4-9-24-21(19)23;/h2-4,8-9,13-14,16H,5-7,10-12,15H2,1H3,(H2,23,24)(H,25,29);1H4. The Morgan fingerprint density at radius 1 is 1.23 bits per heavy atom. The van der Waals surface area contributed by atoms with Crippen molar-refractivity contribution in [1.82, 2.24) is 25.0 Å². The van der Waals surface area contributed by atoms with E-state index in [1.54, 1.807) is 12.3 Å². The number of fused-ring (bicyclic) bond motifs is 1. The van der Waals surface area contributed by atoms with Crippen LogP contribution in [-0.2, 0) is 13.1 Å². The third kappa shape index (κ3) is 5.16. The van der Waals surface area contributed by atoms with E-state index in [0.717, 1.165) is 35.2 Å². The van der Waals surface area contributed by atoms with E-state index >= 15 is 0 Å². The zero-order chi connectivity index (χ0) is 20.2. The van der Waals surface area contributed by atoms with E-state index in [4.69, 9.17) is 5.73 Å². The van der Waals surface area contributed by atoms with Gasteiger partial charge in [-0.25, -0.2) is 4.98 Å². The Kier molecular flexibility index (Phi) is 7.05. The number of nitrogens with two attached hydrogens (primary N) is 1. The van der Waals surface area contributed by atoms with Gasteiger partial charge in [-0.1, -0.05) is 19.6 Å². The van der Waals surface area contributed by atoms with Crippen LogP contribution in [0, 0.1) is 5.92 Å². The lowest BCUT2D eigenvalue weighted by Gasteiger charge is -2.28. The summed E-state index contributed by atoms with van der Waals surface area (Å²) in [6.45, 7) is 3.66. The Hall–Kier alpha value is -2.93. The zero-order valence-electron chi connectivity index (χ0n) is 16.8. The monoisotopic (exact) mass is 408 g/mol. The van der Waals surface area contributed by atoms with Gasteiger partial charge in [-0.3, -0.25) is 9.48 Å². The summed E-state index contributed by atoms with van der Waals surface area (Å²) in [4.78, 5) is 18.9. The highest BCUT2D eigenvalue weighted by Crippen LogP contribution is 2.21. The zero-order valence-corrected chi connectivity index (χ0v) is 16.8. The van der Waals surface area contributed by atoms with Crippen LogP contribution in [0.2, 0.25) is 0 Å². The van der Waals surface area contributed by atoms with Crippen molar-refractivity contribution in [2.75, 3.05) is 25.9 Å². The van der Waals surface area contributed by atoms with Crippen LogP contribution in [0.4, 0.5) is 5.82 Å². The topological polar surface area (TPSA) is 89.1 Å².